The Morgan fingerprint density at radius 2 is 1.31 bits per heavy atom. The van der Waals surface area contributed by atoms with Crippen molar-refractivity contribution in [1.82, 2.24) is 0 Å². The molecule has 1 fully saturated rings. The second kappa shape index (κ2) is 5.12. The van der Waals surface area contributed by atoms with Crippen molar-refractivity contribution in [3.05, 3.63) is 54.6 Å². The Balaban J connectivity index is 1.76. The van der Waals surface area contributed by atoms with Crippen molar-refractivity contribution in [3.8, 4) is 0 Å². The van der Waals surface area contributed by atoms with Crippen molar-refractivity contribution >= 4 is 45.3 Å². The molecule has 1 aliphatic heterocycles. The molecule has 1 aliphatic rings. The molecule has 2 heterocycles. The summed E-state index contributed by atoms with van der Waals surface area (Å²) in [5.74, 6) is 0. The first-order chi connectivity index (χ1) is 12.4. The Morgan fingerprint density at radius 3 is 2.08 bits per heavy atom. The van der Waals surface area contributed by atoms with Crippen LogP contribution in [-0.4, -0.2) is 18.3 Å². The third kappa shape index (κ3) is 2.09. The van der Waals surface area contributed by atoms with E-state index >= 15 is 0 Å². The fourth-order valence-corrected chi connectivity index (χ4v) is 3.70. The minimum atomic E-state index is -0.435. The van der Waals surface area contributed by atoms with Crippen LogP contribution < -0.4 is 5.46 Å². The lowest BCUT2D eigenvalue weighted by Gasteiger charge is -2.32. The number of hydrogen-bond acceptors (Lipinski definition) is 3. The summed E-state index contributed by atoms with van der Waals surface area (Å²) in [5, 5.41) is 4.52. The molecule has 0 aliphatic carbocycles. The molecule has 0 unspecified atom stereocenters. The highest BCUT2D eigenvalue weighted by Gasteiger charge is 2.52. The number of para-hydroxylation sites is 1. The Kier molecular flexibility index (Phi) is 3.14. The van der Waals surface area contributed by atoms with E-state index < -0.39 is 7.12 Å². The van der Waals surface area contributed by atoms with Crippen molar-refractivity contribution in [3.63, 3.8) is 0 Å². The summed E-state index contributed by atoms with van der Waals surface area (Å²) < 4.78 is 18.9. The van der Waals surface area contributed by atoms with Crippen LogP contribution in [0.4, 0.5) is 0 Å². The van der Waals surface area contributed by atoms with Gasteiger partial charge in [0, 0.05) is 21.6 Å². The zero-order valence-corrected chi connectivity index (χ0v) is 15.5. The maximum atomic E-state index is 6.39. The zero-order chi connectivity index (χ0) is 18.1. The lowest BCUT2D eigenvalue weighted by atomic mass is 9.78. The van der Waals surface area contributed by atoms with Gasteiger partial charge in [0.15, 0.2) is 0 Å². The Bertz CT molecular complexity index is 1140. The van der Waals surface area contributed by atoms with Gasteiger partial charge in [0.05, 0.1) is 11.2 Å². The molecule has 3 nitrogen and oxygen atoms in total. The summed E-state index contributed by atoms with van der Waals surface area (Å²) in [7, 11) is -0.435. The Labute approximate surface area is 153 Å². The minimum absolute atomic E-state index is 0.376. The van der Waals surface area contributed by atoms with Gasteiger partial charge in [0.2, 0.25) is 0 Å². The Morgan fingerprint density at radius 1 is 0.654 bits per heavy atom. The van der Waals surface area contributed by atoms with Crippen LogP contribution in [0.1, 0.15) is 27.7 Å². The molecule has 0 radical (unpaired) electrons. The molecule has 0 bridgehead atoms. The average Bonchev–Trinajstić information content (AvgIpc) is 3.09. The molecule has 5 rings (SSSR count). The molecule has 4 heteroatoms. The summed E-state index contributed by atoms with van der Waals surface area (Å²) >= 11 is 0. The van der Waals surface area contributed by atoms with E-state index in [0.29, 0.717) is 0 Å². The highest BCUT2D eigenvalue weighted by Crippen LogP contribution is 2.38. The van der Waals surface area contributed by atoms with Crippen molar-refractivity contribution < 1.29 is 13.7 Å². The van der Waals surface area contributed by atoms with E-state index in [1.54, 1.807) is 0 Å². The summed E-state index contributed by atoms with van der Waals surface area (Å²) in [6, 6.07) is 18.8. The molecular weight excluding hydrogens is 323 g/mol. The minimum Gasteiger partial charge on any atom is -0.456 e. The third-order valence-corrected chi connectivity index (χ3v) is 5.93. The molecule has 0 amide bonds. The van der Waals surface area contributed by atoms with Gasteiger partial charge in [-0.1, -0.05) is 48.5 Å². The topological polar surface area (TPSA) is 31.6 Å². The molecule has 0 N–H and O–H groups in total. The van der Waals surface area contributed by atoms with Gasteiger partial charge in [-0.2, -0.15) is 0 Å². The summed E-state index contributed by atoms with van der Waals surface area (Å²) in [4.78, 5) is 0. The molecule has 3 aromatic carbocycles. The van der Waals surface area contributed by atoms with E-state index in [-0.39, 0.29) is 11.2 Å². The van der Waals surface area contributed by atoms with Crippen molar-refractivity contribution in [1.29, 1.82) is 0 Å². The predicted molar refractivity (Wildman–Crippen MR) is 107 cm³/mol. The second-order valence-electron chi connectivity index (χ2n) is 8.08. The normalized spacial score (nSPS) is 19.0. The summed E-state index contributed by atoms with van der Waals surface area (Å²) in [6.07, 6.45) is 0. The Hall–Kier alpha value is -2.30. The summed E-state index contributed by atoms with van der Waals surface area (Å²) in [5.41, 5.74) is 1.96. The quantitative estimate of drug-likeness (QED) is 0.454. The molecular formula is C22H21BO3. The van der Waals surface area contributed by atoms with Gasteiger partial charge < -0.3 is 13.7 Å². The molecule has 0 spiro atoms. The molecule has 0 saturated carbocycles. The van der Waals surface area contributed by atoms with Crippen LogP contribution in [0.2, 0.25) is 0 Å². The molecule has 130 valence electrons. The first kappa shape index (κ1) is 15.9. The highest BCUT2D eigenvalue weighted by atomic mass is 16.7. The molecule has 1 aromatic heterocycles. The van der Waals surface area contributed by atoms with Crippen LogP contribution in [0, 0.1) is 0 Å². The van der Waals surface area contributed by atoms with E-state index in [2.05, 4.69) is 58.0 Å². The van der Waals surface area contributed by atoms with Gasteiger partial charge in [0.1, 0.15) is 11.2 Å². The number of fused-ring (bicyclic) bond motifs is 5. The lowest BCUT2D eigenvalue weighted by Crippen LogP contribution is -2.41. The molecule has 4 aromatic rings. The number of furan rings is 1. The first-order valence-corrected chi connectivity index (χ1v) is 9.06. The van der Waals surface area contributed by atoms with Crippen LogP contribution in [0.3, 0.4) is 0 Å². The smallest absolute Gasteiger partial charge is 0.456 e. The second-order valence-corrected chi connectivity index (χ2v) is 8.08. The van der Waals surface area contributed by atoms with Gasteiger partial charge >= 0.3 is 7.12 Å². The lowest BCUT2D eigenvalue weighted by molar-refractivity contribution is 0.00578. The molecule has 1 saturated heterocycles. The van der Waals surface area contributed by atoms with Gasteiger partial charge in [-0.25, -0.2) is 0 Å². The monoisotopic (exact) mass is 344 g/mol. The van der Waals surface area contributed by atoms with Crippen molar-refractivity contribution in [2.75, 3.05) is 0 Å². The highest BCUT2D eigenvalue weighted by molar-refractivity contribution is 6.65. The summed E-state index contributed by atoms with van der Waals surface area (Å²) in [6.45, 7) is 8.27. The number of hydrogen-bond donors (Lipinski definition) is 0. The van der Waals surface area contributed by atoms with Crippen LogP contribution in [-0.2, 0) is 9.31 Å². The van der Waals surface area contributed by atoms with Gasteiger partial charge in [0.25, 0.3) is 0 Å². The van der Waals surface area contributed by atoms with Crippen LogP contribution in [0.5, 0.6) is 0 Å². The molecule has 0 atom stereocenters. The van der Waals surface area contributed by atoms with Crippen LogP contribution in [0.25, 0.3) is 32.7 Å². The van der Waals surface area contributed by atoms with E-state index in [9.17, 15) is 0 Å². The fraction of sp³-hybridized carbons (Fsp3) is 0.273. The van der Waals surface area contributed by atoms with E-state index in [1.807, 2.05) is 24.3 Å². The van der Waals surface area contributed by atoms with Crippen LogP contribution in [0.15, 0.2) is 59.0 Å². The average molecular weight is 344 g/mol. The van der Waals surface area contributed by atoms with E-state index in [0.717, 1.165) is 32.8 Å². The van der Waals surface area contributed by atoms with E-state index in [4.69, 9.17) is 13.7 Å². The standard InChI is InChI=1S/C22H21BO3/c1-21(2)22(3,4)26-23(25-21)18-11-7-10-16-17-13-12-14-8-5-6-9-15(14)19(17)24-20(16)18/h5-13H,1-4H3. The van der Waals surface area contributed by atoms with Crippen molar-refractivity contribution in [2.45, 2.75) is 38.9 Å². The third-order valence-electron chi connectivity index (χ3n) is 5.93. The maximum Gasteiger partial charge on any atom is 0.498 e. The first-order valence-electron chi connectivity index (χ1n) is 9.06. The van der Waals surface area contributed by atoms with Crippen LogP contribution >= 0.6 is 0 Å². The number of rotatable bonds is 1. The van der Waals surface area contributed by atoms with Gasteiger partial charge in [-0.15, -0.1) is 0 Å². The molecule has 26 heavy (non-hydrogen) atoms. The van der Waals surface area contributed by atoms with Gasteiger partial charge in [-0.3, -0.25) is 0 Å². The largest absolute Gasteiger partial charge is 0.498 e. The maximum absolute atomic E-state index is 6.39. The number of benzene rings is 3. The van der Waals surface area contributed by atoms with Crippen molar-refractivity contribution in [2.24, 2.45) is 0 Å². The predicted octanol–water partition coefficient (Wildman–Crippen LogP) is 5.04. The zero-order valence-electron chi connectivity index (χ0n) is 15.5. The van der Waals surface area contributed by atoms with E-state index in [1.165, 1.54) is 5.39 Å². The van der Waals surface area contributed by atoms with Gasteiger partial charge in [-0.05, 0) is 39.1 Å². The SMILES string of the molecule is CC1(C)OB(c2cccc3c2oc2c4ccccc4ccc32)OC1(C)C. The fourth-order valence-electron chi connectivity index (χ4n) is 3.70.